The average molecular weight is 294 g/mol. The number of carbonyl (C=O) groups is 1. The molecule has 2 rings (SSSR count). The van der Waals surface area contributed by atoms with Gasteiger partial charge in [-0.2, -0.15) is 0 Å². The lowest BCUT2D eigenvalue weighted by atomic mass is 9.93. The summed E-state index contributed by atoms with van der Waals surface area (Å²) >= 11 is 0. The highest BCUT2D eigenvalue weighted by molar-refractivity contribution is 5.95. The van der Waals surface area contributed by atoms with Gasteiger partial charge in [0.15, 0.2) is 0 Å². The van der Waals surface area contributed by atoms with Gasteiger partial charge >= 0.3 is 5.97 Å². The Morgan fingerprint density at radius 3 is 2.81 bits per heavy atom. The minimum atomic E-state index is -1.17. The maximum Gasteiger partial charge on any atom is 0.338 e. The Labute approximate surface area is 122 Å². The second-order valence-electron chi connectivity index (χ2n) is 5.44. The van der Waals surface area contributed by atoms with E-state index in [4.69, 9.17) is 4.74 Å². The van der Waals surface area contributed by atoms with Gasteiger partial charge in [-0.3, -0.25) is 10.1 Å². The zero-order valence-corrected chi connectivity index (χ0v) is 12.0. The van der Waals surface area contributed by atoms with Crippen molar-refractivity contribution in [1.82, 2.24) is 0 Å². The van der Waals surface area contributed by atoms with E-state index < -0.39 is 10.9 Å². The van der Waals surface area contributed by atoms with Crippen LogP contribution in [0.5, 0.6) is 0 Å². The van der Waals surface area contributed by atoms with Gasteiger partial charge in [0.05, 0.1) is 21.8 Å². The molecule has 21 heavy (non-hydrogen) atoms. The lowest BCUT2D eigenvalue weighted by Gasteiger charge is -2.41. The van der Waals surface area contributed by atoms with Crippen LogP contribution in [-0.2, 0) is 4.74 Å². The number of methoxy groups -OCH3 is 1. The number of piperidine rings is 1. The van der Waals surface area contributed by atoms with Crippen molar-refractivity contribution < 1.29 is 19.6 Å². The molecule has 0 aromatic heterocycles. The van der Waals surface area contributed by atoms with Crippen molar-refractivity contribution in [2.45, 2.75) is 25.4 Å². The highest BCUT2D eigenvalue weighted by atomic mass is 16.6. The van der Waals surface area contributed by atoms with Crippen LogP contribution in [0, 0.1) is 10.1 Å². The minimum Gasteiger partial charge on any atom is -0.478 e. The van der Waals surface area contributed by atoms with Crippen LogP contribution in [0.15, 0.2) is 18.2 Å². The molecule has 0 amide bonds. The number of hydrogen-bond acceptors (Lipinski definition) is 5. The third kappa shape index (κ3) is 3.13. The summed E-state index contributed by atoms with van der Waals surface area (Å²) in [4.78, 5) is 23.5. The van der Waals surface area contributed by atoms with Gasteiger partial charge < -0.3 is 14.7 Å². The molecule has 0 spiro atoms. The van der Waals surface area contributed by atoms with Crippen molar-refractivity contribution in [1.29, 1.82) is 0 Å². The van der Waals surface area contributed by atoms with E-state index in [0.29, 0.717) is 18.8 Å². The Bertz CT molecular complexity index is 574. The van der Waals surface area contributed by atoms with E-state index in [1.54, 1.807) is 7.11 Å². The molecule has 1 N–H and O–H groups in total. The number of carboxylic acid groups (broad SMARTS) is 1. The monoisotopic (exact) mass is 294 g/mol. The van der Waals surface area contributed by atoms with E-state index >= 15 is 0 Å². The van der Waals surface area contributed by atoms with Crippen LogP contribution in [0.25, 0.3) is 0 Å². The van der Waals surface area contributed by atoms with Gasteiger partial charge in [0.1, 0.15) is 0 Å². The smallest absolute Gasteiger partial charge is 0.338 e. The van der Waals surface area contributed by atoms with Crippen LogP contribution in [-0.4, -0.2) is 41.8 Å². The van der Waals surface area contributed by atoms with Crippen molar-refractivity contribution in [2.75, 3.05) is 25.1 Å². The summed E-state index contributed by atoms with van der Waals surface area (Å²) in [6, 6.07) is 3.94. The molecule has 1 aliphatic heterocycles. The van der Waals surface area contributed by atoms with Crippen LogP contribution >= 0.6 is 0 Å². The quantitative estimate of drug-likeness (QED) is 0.676. The number of nitrogens with zero attached hydrogens (tertiary/aromatic N) is 2. The molecule has 1 unspecified atom stereocenters. The molecule has 7 heteroatoms. The predicted octanol–water partition coefficient (Wildman–Crippen LogP) is 2.30. The molecule has 0 bridgehead atoms. The van der Waals surface area contributed by atoms with Gasteiger partial charge in [0, 0.05) is 32.3 Å². The zero-order valence-electron chi connectivity index (χ0n) is 12.0. The first kappa shape index (κ1) is 15.2. The number of rotatable bonds is 4. The Morgan fingerprint density at radius 1 is 1.52 bits per heavy atom. The van der Waals surface area contributed by atoms with Crippen LogP contribution in [0.1, 0.15) is 30.1 Å². The van der Waals surface area contributed by atoms with Crippen LogP contribution in [0.2, 0.25) is 0 Å². The van der Waals surface area contributed by atoms with Gasteiger partial charge in [0.2, 0.25) is 0 Å². The van der Waals surface area contributed by atoms with E-state index in [1.807, 2.05) is 11.8 Å². The van der Waals surface area contributed by atoms with E-state index in [-0.39, 0.29) is 16.9 Å². The summed E-state index contributed by atoms with van der Waals surface area (Å²) in [7, 11) is 1.64. The SMILES string of the molecule is COC1(C)CCCN(c2ccc([N+](=O)[O-])cc2C(=O)O)C1. The first-order chi connectivity index (χ1) is 9.86. The summed E-state index contributed by atoms with van der Waals surface area (Å²) in [6.07, 6.45) is 1.77. The summed E-state index contributed by atoms with van der Waals surface area (Å²) in [5, 5.41) is 20.1. The number of aromatic carboxylic acids is 1. The molecular weight excluding hydrogens is 276 g/mol. The number of hydrogen-bond donors (Lipinski definition) is 1. The molecule has 114 valence electrons. The lowest BCUT2D eigenvalue weighted by Crippen LogP contribution is -2.47. The molecule has 7 nitrogen and oxygen atoms in total. The van der Waals surface area contributed by atoms with Crippen LogP contribution < -0.4 is 4.90 Å². The van der Waals surface area contributed by atoms with E-state index in [2.05, 4.69) is 0 Å². The van der Waals surface area contributed by atoms with Gasteiger partial charge in [-0.1, -0.05) is 0 Å². The van der Waals surface area contributed by atoms with E-state index in [1.165, 1.54) is 12.1 Å². The van der Waals surface area contributed by atoms with Gasteiger partial charge in [-0.15, -0.1) is 0 Å². The number of nitro benzene ring substituents is 1. The third-order valence-corrected chi connectivity index (χ3v) is 3.91. The standard InChI is InChI=1S/C14H18N2O5/c1-14(21-2)6-3-7-15(9-14)12-5-4-10(16(19)20)8-11(12)13(17)18/h4-5,8H,3,6-7,9H2,1-2H3,(H,17,18). The molecule has 0 saturated carbocycles. The predicted molar refractivity (Wildman–Crippen MR) is 76.9 cm³/mol. The second-order valence-corrected chi connectivity index (χ2v) is 5.44. The summed E-state index contributed by atoms with van der Waals surface area (Å²) < 4.78 is 5.50. The molecule has 1 atom stereocenters. The Kier molecular flexibility index (Phi) is 4.13. The fourth-order valence-corrected chi connectivity index (χ4v) is 2.66. The number of ether oxygens (including phenoxy) is 1. The van der Waals surface area contributed by atoms with E-state index in [9.17, 15) is 20.0 Å². The largest absolute Gasteiger partial charge is 0.478 e. The average Bonchev–Trinajstić information content (AvgIpc) is 2.46. The number of anilines is 1. The van der Waals surface area contributed by atoms with Crippen molar-refractivity contribution in [3.05, 3.63) is 33.9 Å². The topological polar surface area (TPSA) is 92.9 Å². The summed E-state index contributed by atoms with van der Waals surface area (Å²) in [6.45, 7) is 3.24. The number of benzene rings is 1. The fourth-order valence-electron chi connectivity index (χ4n) is 2.66. The maximum atomic E-state index is 11.4. The number of nitro groups is 1. The molecule has 1 aliphatic rings. The fraction of sp³-hybridized carbons (Fsp3) is 0.500. The molecule has 0 aliphatic carbocycles. The van der Waals surface area contributed by atoms with Crippen LogP contribution in [0.3, 0.4) is 0 Å². The first-order valence-corrected chi connectivity index (χ1v) is 6.68. The molecule has 0 radical (unpaired) electrons. The molecule has 1 aromatic rings. The summed E-state index contributed by atoms with van der Waals surface area (Å²) in [5.74, 6) is -1.17. The molecular formula is C14H18N2O5. The Morgan fingerprint density at radius 2 is 2.24 bits per heavy atom. The first-order valence-electron chi connectivity index (χ1n) is 6.68. The third-order valence-electron chi connectivity index (χ3n) is 3.91. The maximum absolute atomic E-state index is 11.4. The summed E-state index contributed by atoms with van der Waals surface area (Å²) in [5.41, 5.74) is -0.112. The molecule has 1 aromatic carbocycles. The van der Waals surface area contributed by atoms with Crippen molar-refractivity contribution >= 4 is 17.3 Å². The molecule has 1 heterocycles. The number of non-ortho nitro benzene ring substituents is 1. The van der Waals surface area contributed by atoms with Gasteiger partial charge in [-0.25, -0.2) is 4.79 Å². The van der Waals surface area contributed by atoms with Crippen molar-refractivity contribution in [3.63, 3.8) is 0 Å². The molecule has 1 saturated heterocycles. The normalized spacial score (nSPS) is 22.1. The Hall–Kier alpha value is -2.15. The van der Waals surface area contributed by atoms with Gasteiger partial charge in [0.25, 0.3) is 5.69 Å². The van der Waals surface area contributed by atoms with Gasteiger partial charge in [-0.05, 0) is 25.8 Å². The Balaban J connectivity index is 2.39. The molecule has 1 fully saturated rings. The van der Waals surface area contributed by atoms with E-state index in [0.717, 1.165) is 18.9 Å². The minimum absolute atomic E-state index is 0.0513. The van der Waals surface area contributed by atoms with Crippen molar-refractivity contribution in [3.8, 4) is 0 Å². The highest BCUT2D eigenvalue weighted by Gasteiger charge is 2.32. The van der Waals surface area contributed by atoms with Crippen molar-refractivity contribution in [2.24, 2.45) is 0 Å². The highest BCUT2D eigenvalue weighted by Crippen LogP contribution is 2.32. The zero-order chi connectivity index (χ0) is 15.6. The second kappa shape index (κ2) is 5.69. The number of carboxylic acids is 1. The van der Waals surface area contributed by atoms with Crippen LogP contribution in [0.4, 0.5) is 11.4 Å². The lowest BCUT2D eigenvalue weighted by molar-refractivity contribution is -0.384.